The Morgan fingerprint density at radius 2 is 2.04 bits per heavy atom. The first-order valence-electron chi connectivity index (χ1n) is 8.43. The predicted molar refractivity (Wildman–Crippen MR) is 95.7 cm³/mol. The van der Waals surface area contributed by atoms with E-state index in [1.807, 2.05) is 0 Å². The van der Waals surface area contributed by atoms with Gasteiger partial charge in [0.1, 0.15) is 15.8 Å². The molecule has 2 fully saturated rings. The summed E-state index contributed by atoms with van der Waals surface area (Å²) in [5.74, 6) is 0.337. The van der Waals surface area contributed by atoms with Crippen molar-refractivity contribution in [1.82, 2.24) is 14.5 Å². The number of rotatable bonds is 5. The summed E-state index contributed by atoms with van der Waals surface area (Å²) >= 11 is 1.44. The van der Waals surface area contributed by atoms with Crippen LogP contribution in [0.1, 0.15) is 30.2 Å². The van der Waals surface area contributed by atoms with Crippen LogP contribution in [0.5, 0.6) is 5.75 Å². The molecule has 2 aliphatic rings. The van der Waals surface area contributed by atoms with Gasteiger partial charge < -0.3 is 4.74 Å². The van der Waals surface area contributed by atoms with Gasteiger partial charge in [-0.2, -0.15) is 21.5 Å². The number of hydrogen-bond donors (Lipinski definition) is 1. The van der Waals surface area contributed by atoms with Crippen LogP contribution in [-0.4, -0.2) is 42.6 Å². The molecular weight excluding hydrogens is 398 g/mol. The number of aromatic nitrogens is 2. The van der Waals surface area contributed by atoms with Crippen molar-refractivity contribution in [2.75, 3.05) is 13.1 Å². The Morgan fingerprint density at radius 3 is 2.70 bits per heavy atom. The van der Waals surface area contributed by atoms with Gasteiger partial charge in [-0.3, -0.25) is 0 Å². The van der Waals surface area contributed by atoms with E-state index in [0.29, 0.717) is 23.7 Å². The van der Waals surface area contributed by atoms with E-state index in [9.17, 15) is 17.2 Å². The third kappa shape index (κ3) is 3.82. The molecule has 0 radical (unpaired) electrons. The summed E-state index contributed by atoms with van der Waals surface area (Å²) in [6.45, 7) is -2.03. The summed E-state index contributed by atoms with van der Waals surface area (Å²) in [4.78, 5) is 0. The van der Waals surface area contributed by atoms with Gasteiger partial charge in [-0.1, -0.05) is 23.5 Å². The summed E-state index contributed by atoms with van der Waals surface area (Å²) in [5, 5.41) is 15.2. The fraction of sp³-hybridized carbons (Fsp3) is 0.500. The highest BCUT2D eigenvalue weighted by Gasteiger charge is 2.57. The Bertz CT molecular complexity index is 943. The molecule has 7 nitrogen and oxygen atoms in total. The average molecular weight is 416 g/mol. The molecule has 0 bridgehead atoms. The maximum absolute atomic E-state index is 12.4. The van der Waals surface area contributed by atoms with Crippen LogP contribution in [0, 0.1) is 5.41 Å². The SMILES string of the molecule is NS(=O)(=O)N1CCC2(CC1)C[C@H]2c1nnc(-c2cccc(OC(F)F)c2)s1. The highest BCUT2D eigenvalue weighted by atomic mass is 32.2. The van der Waals surface area contributed by atoms with Gasteiger partial charge in [0.25, 0.3) is 10.2 Å². The predicted octanol–water partition coefficient (Wildman–Crippen LogP) is 2.58. The molecule has 1 spiro atoms. The van der Waals surface area contributed by atoms with E-state index in [-0.39, 0.29) is 17.1 Å². The minimum Gasteiger partial charge on any atom is -0.435 e. The van der Waals surface area contributed by atoms with E-state index in [1.54, 1.807) is 12.1 Å². The fourth-order valence-electron chi connectivity index (χ4n) is 3.73. The van der Waals surface area contributed by atoms with Crippen molar-refractivity contribution >= 4 is 21.5 Å². The van der Waals surface area contributed by atoms with Crippen LogP contribution in [0.3, 0.4) is 0 Å². The van der Waals surface area contributed by atoms with Crippen LogP contribution in [0.2, 0.25) is 0 Å². The minimum absolute atomic E-state index is 0.0681. The zero-order chi connectivity index (χ0) is 19.2. The molecule has 1 aromatic heterocycles. The third-order valence-corrected chi connectivity index (χ3v) is 7.48. The van der Waals surface area contributed by atoms with Crippen LogP contribution >= 0.6 is 11.3 Å². The number of hydrogen-bond acceptors (Lipinski definition) is 6. The maximum Gasteiger partial charge on any atom is 0.387 e. The Morgan fingerprint density at radius 1 is 1.30 bits per heavy atom. The van der Waals surface area contributed by atoms with E-state index < -0.39 is 16.8 Å². The second-order valence-corrected chi connectivity index (χ2v) is 9.47. The number of benzene rings is 1. The summed E-state index contributed by atoms with van der Waals surface area (Å²) < 4.78 is 53.4. The average Bonchev–Trinajstić information content (AvgIpc) is 3.07. The Balaban J connectivity index is 1.46. The third-order valence-electron chi connectivity index (χ3n) is 5.31. The Kier molecular flexibility index (Phi) is 4.65. The molecule has 27 heavy (non-hydrogen) atoms. The molecule has 1 aliphatic heterocycles. The highest BCUT2D eigenvalue weighted by molar-refractivity contribution is 7.86. The number of ether oxygens (including phenoxy) is 1. The Labute approximate surface area is 159 Å². The summed E-state index contributed by atoms with van der Waals surface area (Å²) in [7, 11) is -3.63. The lowest BCUT2D eigenvalue weighted by Crippen LogP contribution is -2.42. The van der Waals surface area contributed by atoms with Crippen molar-refractivity contribution < 1.29 is 21.9 Å². The second kappa shape index (κ2) is 6.73. The molecule has 2 N–H and O–H groups in total. The van der Waals surface area contributed by atoms with E-state index in [4.69, 9.17) is 5.14 Å². The number of nitrogens with zero attached hydrogens (tertiary/aromatic N) is 3. The largest absolute Gasteiger partial charge is 0.435 e. The second-order valence-electron chi connectivity index (χ2n) is 6.91. The molecular formula is C16H18F2N4O3S2. The van der Waals surface area contributed by atoms with Crippen LogP contribution in [-0.2, 0) is 10.2 Å². The van der Waals surface area contributed by atoms with Crippen molar-refractivity contribution in [2.45, 2.75) is 31.8 Å². The first kappa shape index (κ1) is 18.7. The highest BCUT2D eigenvalue weighted by Crippen LogP contribution is 2.65. The monoisotopic (exact) mass is 416 g/mol. The number of nitrogens with two attached hydrogens (primary N) is 1. The van der Waals surface area contributed by atoms with Gasteiger partial charge in [0.15, 0.2) is 0 Å². The van der Waals surface area contributed by atoms with Gasteiger partial charge in [-0.05, 0) is 36.8 Å². The quantitative estimate of drug-likeness (QED) is 0.808. The van der Waals surface area contributed by atoms with Gasteiger partial charge in [-0.25, -0.2) is 5.14 Å². The molecule has 2 heterocycles. The minimum atomic E-state index is -3.63. The number of alkyl halides is 2. The van der Waals surface area contributed by atoms with Gasteiger partial charge in [0.05, 0.1) is 0 Å². The zero-order valence-electron chi connectivity index (χ0n) is 14.2. The molecule has 1 saturated heterocycles. The fourth-order valence-corrected chi connectivity index (χ4v) is 5.51. The molecule has 0 amide bonds. The molecule has 1 saturated carbocycles. The van der Waals surface area contributed by atoms with Crippen molar-refractivity contribution in [3.05, 3.63) is 29.3 Å². The van der Waals surface area contributed by atoms with Crippen molar-refractivity contribution in [2.24, 2.45) is 10.6 Å². The van der Waals surface area contributed by atoms with Gasteiger partial charge >= 0.3 is 6.61 Å². The summed E-state index contributed by atoms with van der Waals surface area (Å²) in [5.41, 5.74) is 0.745. The number of piperidine rings is 1. The molecule has 4 rings (SSSR count). The summed E-state index contributed by atoms with van der Waals surface area (Å²) in [6, 6.07) is 6.39. The van der Waals surface area contributed by atoms with E-state index in [0.717, 1.165) is 24.3 Å². The molecule has 1 aliphatic carbocycles. The standard InChI is InChI=1S/C16H18F2N4O3S2/c17-15(18)25-11-3-1-2-10(8-11)13-20-21-14(26-13)12-9-16(12)4-6-22(7-5-16)27(19,23)24/h1-3,8,12,15H,4-7,9H2,(H2,19,23,24)/t12-/m0/s1. The van der Waals surface area contributed by atoms with Crippen LogP contribution in [0.25, 0.3) is 10.6 Å². The first-order valence-corrected chi connectivity index (χ1v) is 10.8. The molecule has 2 aromatic rings. The Hall–Kier alpha value is -1.69. The molecule has 146 valence electrons. The van der Waals surface area contributed by atoms with E-state index >= 15 is 0 Å². The van der Waals surface area contributed by atoms with Gasteiger partial charge in [-0.15, -0.1) is 10.2 Å². The first-order chi connectivity index (χ1) is 12.8. The van der Waals surface area contributed by atoms with Gasteiger partial charge in [0, 0.05) is 24.6 Å². The van der Waals surface area contributed by atoms with Crippen molar-refractivity contribution in [3.63, 3.8) is 0 Å². The lowest BCUT2D eigenvalue weighted by Gasteiger charge is -2.30. The van der Waals surface area contributed by atoms with E-state index in [2.05, 4.69) is 14.9 Å². The van der Waals surface area contributed by atoms with E-state index in [1.165, 1.54) is 27.8 Å². The molecule has 11 heteroatoms. The molecule has 0 unspecified atom stereocenters. The lowest BCUT2D eigenvalue weighted by atomic mass is 9.92. The lowest BCUT2D eigenvalue weighted by molar-refractivity contribution is -0.0498. The van der Waals surface area contributed by atoms with Crippen molar-refractivity contribution in [3.8, 4) is 16.3 Å². The zero-order valence-corrected chi connectivity index (χ0v) is 15.8. The smallest absolute Gasteiger partial charge is 0.387 e. The van der Waals surface area contributed by atoms with Gasteiger partial charge in [0.2, 0.25) is 0 Å². The van der Waals surface area contributed by atoms with Crippen LogP contribution < -0.4 is 9.88 Å². The normalized spacial score (nSPS) is 22.3. The molecule has 1 aromatic carbocycles. The van der Waals surface area contributed by atoms with Crippen LogP contribution in [0.4, 0.5) is 8.78 Å². The maximum atomic E-state index is 12.4. The van der Waals surface area contributed by atoms with Crippen molar-refractivity contribution in [1.29, 1.82) is 0 Å². The van der Waals surface area contributed by atoms with Crippen LogP contribution in [0.15, 0.2) is 24.3 Å². The topological polar surface area (TPSA) is 98.4 Å². The summed E-state index contributed by atoms with van der Waals surface area (Å²) in [6.07, 6.45) is 2.45. The number of halogens is 2. The molecule has 1 atom stereocenters.